The summed E-state index contributed by atoms with van der Waals surface area (Å²) < 4.78 is 2.14. The second-order valence-corrected chi connectivity index (χ2v) is 6.97. The van der Waals surface area contributed by atoms with Gasteiger partial charge in [0.05, 0.1) is 5.52 Å². The zero-order valence-corrected chi connectivity index (χ0v) is 15.8. The molecule has 1 aromatic heterocycles. The van der Waals surface area contributed by atoms with Gasteiger partial charge in [-0.15, -0.1) is 0 Å². The van der Waals surface area contributed by atoms with Crippen molar-refractivity contribution in [3.8, 4) is 16.8 Å². The molecule has 1 unspecified atom stereocenters. The summed E-state index contributed by atoms with van der Waals surface area (Å²) in [5, 5.41) is 20.7. The fourth-order valence-corrected chi connectivity index (χ4v) is 3.85. The molecule has 1 atom stereocenters. The minimum atomic E-state index is -1.44. The predicted octanol–water partition coefficient (Wildman–Crippen LogP) is 5.06. The van der Waals surface area contributed by atoms with E-state index in [0.717, 1.165) is 39.0 Å². The Balaban J connectivity index is 1.99. The van der Waals surface area contributed by atoms with Crippen LogP contribution in [0.4, 0.5) is 0 Å². The standard InChI is InChI=1S/C24H22BNO2/c1-3-22-24(17(2)25(27)28)21-14-7-8-15-23(21)26(22)20-13-9-12-19(16-20)18-10-5-4-6-11-18/h3-17,27-28H,1H2,2H3. The molecule has 0 saturated heterocycles. The van der Waals surface area contributed by atoms with Gasteiger partial charge in [-0.05, 0) is 41.0 Å². The molecule has 1 heterocycles. The van der Waals surface area contributed by atoms with Gasteiger partial charge in [-0.25, -0.2) is 0 Å². The molecule has 0 aliphatic heterocycles. The van der Waals surface area contributed by atoms with Crippen molar-refractivity contribution in [2.24, 2.45) is 0 Å². The minimum Gasteiger partial charge on any atom is -0.427 e. The van der Waals surface area contributed by atoms with E-state index in [9.17, 15) is 10.0 Å². The molecule has 0 spiro atoms. The lowest BCUT2D eigenvalue weighted by atomic mass is 9.69. The third-order valence-electron chi connectivity index (χ3n) is 5.26. The van der Waals surface area contributed by atoms with E-state index in [2.05, 4.69) is 47.5 Å². The van der Waals surface area contributed by atoms with E-state index in [4.69, 9.17) is 0 Å². The number of para-hydroxylation sites is 1. The molecule has 0 amide bonds. The molecule has 4 rings (SSSR count). The molecule has 28 heavy (non-hydrogen) atoms. The number of nitrogens with zero attached hydrogens (tertiary/aromatic N) is 1. The van der Waals surface area contributed by atoms with Gasteiger partial charge >= 0.3 is 7.12 Å². The third-order valence-corrected chi connectivity index (χ3v) is 5.26. The first-order valence-corrected chi connectivity index (χ1v) is 9.39. The van der Waals surface area contributed by atoms with Crippen LogP contribution in [0.2, 0.25) is 0 Å². The fourth-order valence-electron chi connectivity index (χ4n) is 3.85. The SMILES string of the molecule is C=Cc1c(C(C)B(O)O)c2ccccc2n1-c1cccc(-c2ccccc2)c1. The molecule has 4 heteroatoms. The number of benzene rings is 3. The van der Waals surface area contributed by atoms with Gasteiger partial charge in [0.1, 0.15) is 0 Å². The van der Waals surface area contributed by atoms with Crippen LogP contribution in [0.1, 0.15) is 24.0 Å². The highest BCUT2D eigenvalue weighted by Gasteiger charge is 2.27. The maximum Gasteiger partial charge on any atom is 0.459 e. The van der Waals surface area contributed by atoms with E-state index >= 15 is 0 Å². The average molecular weight is 367 g/mol. The number of fused-ring (bicyclic) bond motifs is 1. The van der Waals surface area contributed by atoms with E-state index < -0.39 is 12.9 Å². The highest BCUT2D eigenvalue weighted by molar-refractivity contribution is 6.43. The van der Waals surface area contributed by atoms with Crippen molar-refractivity contribution in [2.45, 2.75) is 12.7 Å². The van der Waals surface area contributed by atoms with Crippen LogP contribution >= 0.6 is 0 Å². The van der Waals surface area contributed by atoms with Gasteiger partial charge < -0.3 is 14.6 Å². The summed E-state index contributed by atoms with van der Waals surface area (Å²) in [6.07, 6.45) is 1.80. The maximum atomic E-state index is 9.84. The molecule has 3 aromatic carbocycles. The quantitative estimate of drug-likeness (QED) is 0.485. The summed E-state index contributed by atoms with van der Waals surface area (Å²) in [6.45, 7) is 5.83. The zero-order valence-electron chi connectivity index (χ0n) is 15.8. The Morgan fingerprint density at radius 3 is 2.29 bits per heavy atom. The van der Waals surface area contributed by atoms with Crippen molar-refractivity contribution in [1.82, 2.24) is 4.57 Å². The maximum absolute atomic E-state index is 9.84. The molecule has 138 valence electrons. The Hall–Kier alpha value is -3.08. The molecule has 0 bridgehead atoms. The normalized spacial score (nSPS) is 12.1. The van der Waals surface area contributed by atoms with Gasteiger partial charge in [0.15, 0.2) is 0 Å². The monoisotopic (exact) mass is 367 g/mol. The van der Waals surface area contributed by atoms with Crippen molar-refractivity contribution in [1.29, 1.82) is 0 Å². The van der Waals surface area contributed by atoms with E-state index in [1.807, 2.05) is 49.4 Å². The first-order chi connectivity index (χ1) is 13.6. The van der Waals surface area contributed by atoms with Gasteiger partial charge in [-0.2, -0.15) is 0 Å². The number of hydrogen-bond acceptors (Lipinski definition) is 2. The molecule has 0 aliphatic rings. The van der Waals surface area contributed by atoms with Crippen LogP contribution in [0.3, 0.4) is 0 Å². The fraction of sp³-hybridized carbons (Fsp3) is 0.0833. The Morgan fingerprint density at radius 1 is 0.893 bits per heavy atom. The molecule has 0 radical (unpaired) electrons. The second-order valence-electron chi connectivity index (χ2n) is 6.97. The number of rotatable bonds is 5. The van der Waals surface area contributed by atoms with Crippen molar-refractivity contribution in [2.75, 3.05) is 0 Å². The van der Waals surface area contributed by atoms with Gasteiger partial charge in [0.2, 0.25) is 0 Å². The molecule has 2 N–H and O–H groups in total. The largest absolute Gasteiger partial charge is 0.459 e. The van der Waals surface area contributed by atoms with E-state index in [0.29, 0.717) is 0 Å². The minimum absolute atomic E-state index is 0.434. The lowest BCUT2D eigenvalue weighted by molar-refractivity contribution is 0.392. The van der Waals surface area contributed by atoms with Crippen LogP contribution in [0.15, 0.2) is 85.4 Å². The van der Waals surface area contributed by atoms with E-state index in [1.54, 1.807) is 6.08 Å². The summed E-state index contributed by atoms with van der Waals surface area (Å²) in [6, 6.07) is 26.7. The van der Waals surface area contributed by atoms with Gasteiger partial charge in [0, 0.05) is 22.6 Å². The topological polar surface area (TPSA) is 45.4 Å². The van der Waals surface area contributed by atoms with Crippen LogP contribution in [0.5, 0.6) is 0 Å². The van der Waals surface area contributed by atoms with Crippen LogP contribution in [-0.4, -0.2) is 21.7 Å². The summed E-state index contributed by atoms with van der Waals surface area (Å²) in [5.41, 5.74) is 6.09. The van der Waals surface area contributed by atoms with Gasteiger partial charge in [-0.1, -0.05) is 74.2 Å². The third kappa shape index (κ3) is 3.07. The molecule has 0 aliphatic carbocycles. The predicted molar refractivity (Wildman–Crippen MR) is 117 cm³/mol. The smallest absolute Gasteiger partial charge is 0.427 e. The summed E-state index contributed by atoms with van der Waals surface area (Å²) >= 11 is 0. The molecule has 0 saturated carbocycles. The molecule has 4 aromatic rings. The van der Waals surface area contributed by atoms with Gasteiger partial charge in [-0.3, -0.25) is 0 Å². The number of hydrogen-bond donors (Lipinski definition) is 2. The molecule has 0 fully saturated rings. The Kier molecular flexibility index (Phi) is 4.91. The summed E-state index contributed by atoms with van der Waals surface area (Å²) in [7, 11) is -1.44. The summed E-state index contributed by atoms with van der Waals surface area (Å²) in [5.74, 6) is -0.434. The van der Waals surface area contributed by atoms with Crippen LogP contribution in [0.25, 0.3) is 33.8 Å². The Labute approximate surface area is 165 Å². The Morgan fingerprint density at radius 2 is 1.57 bits per heavy atom. The van der Waals surface area contributed by atoms with E-state index in [1.165, 1.54) is 0 Å². The molecule has 3 nitrogen and oxygen atoms in total. The molecular formula is C24H22BNO2. The van der Waals surface area contributed by atoms with Crippen LogP contribution in [0, 0.1) is 0 Å². The first-order valence-electron chi connectivity index (χ1n) is 9.39. The van der Waals surface area contributed by atoms with Crippen LogP contribution < -0.4 is 0 Å². The van der Waals surface area contributed by atoms with E-state index in [-0.39, 0.29) is 0 Å². The molecular weight excluding hydrogens is 345 g/mol. The van der Waals surface area contributed by atoms with Crippen molar-refractivity contribution < 1.29 is 10.0 Å². The van der Waals surface area contributed by atoms with Gasteiger partial charge in [0.25, 0.3) is 0 Å². The second kappa shape index (κ2) is 7.51. The van der Waals surface area contributed by atoms with Crippen LogP contribution in [-0.2, 0) is 0 Å². The summed E-state index contributed by atoms with van der Waals surface area (Å²) in [4.78, 5) is 0. The highest BCUT2D eigenvalue weighted by Crippen LogP contribution is 2.36. The van der Waals surface area contributed by atoms with Crippen molar-refractivity contribution in [3.63, 3.8) is 0 Å². The lowest BCUT2D eigenvalue weighted by Gasteiger charge is -2.14. The highest BCUT2D eigenvalue weighted by atomic mass is 16.4. The average Bonchev–Trinajstić information content (AvgIpc) is 3.08. The van der Waals surface area contributed by atoms with Crippen molar-refractivity contribution in [3.05, 3.63) is 96.7 Å². The first kappa shape index (κ1) is 18.3. The lowest BCUT2D eigenvalue weighted by Crippen LogP contribution is -2.21. The number of aromatic nitrogens is 1. The van der Waals surface area contributed by atoms with Crippen molar-refractivity contribution >= 4 is 24.1 Å². The zero-order chi connectivity index (χ0) is 19.7. The Bertz CT molecular complexity index is 1130.